The van der Waals surface area contributed by atoms with E-state index >= 15 is 0 Å². The molecule has 1 aliphatic heterocycles. The van der Waals surface area contributed by atoms with Crippen LogP contribution in [0.2, 0.25) is 0 Å². The lowest BCUT2D eigenvalue weighted by Gasteiger charge is -2.14. The van der Waals surface area contributed by atoms with Gasteiger partial charge in [-0.05, 0) is 76.4 Å². The number of guanidine groups is 1. The Morgan fingerprint density at radius 3 is 2.69 bits per heavy atom. The number of likely N-dealkylation sites (tertiary alicyclic amines) is 1. The van der Waals surface area contributed by atoms with Crippen LogP contribution in [0, 0.1) is 6.92 Å². The highest BCUT2D eigenvalue weighted by molar-refractivity contribution is 14.0. The van der Waals surface area contributed by atoms with Gasteiger partial charge in [0.05, 0.1) is 7.11 Å². The Morgan fingerprint density at radius 2 is 2.00 bits per heavy atom. The van der Waals surface area contributed by atoms with Gasteiger partial charge in [-0.1, -0.05) is 12.1 Å². The molecule has 5 nitrogen and oxygen atoms in total. The molecular formula is C20H35IN4O. The predicted molar refractivity (Wildman–Crippen MR) is 121 cm³/mol. The molecule has 1 fully saturated rings. The molecule has 1 aromatic rings. The van der Waals surface area contributed by atoms with Crippen molar-refractivity contribution in [3.8, 4) is 5.75 Å². The first-order valence-electron chi connectivity index (χ1n) is 9.61. The molecule has 2 rings (SSSR count). The molecule has 0 aromatic heterocycles. The molecule has 0 bridgehead atoms. The summed E-state index contributed by atoms with van der Waals surface area (Å²) >= 11 is 0. The Labute approximate surface area is 176 Å². The van der Waals surface area contributed by atoms with E-state index in [0.29, 0.717) is 0 Å². The van der Waals surface area contributed by atoms with E-state index in [1.165, 1.54) is 43.6 Å². The van der Waals surface area contributed by atoms with Crippen LogP contribution < -0.4 is 15.4 Å². The zero-order valence-electron chi connectivity index (χ0n) is 16.5. The number of hydrogen-bond donors (Lipinski definition) is 2. The first kappa shape index (κ1) is 23.0. The fraction of sp³-hybridized carbons (Fsp3) is 0.650. The van der Waals surface area contributed by atoms with Crippen LogP contribution in [-0.4, -0.2) is 57.2 Å². The van der Waals surface area contributed by atoms with Crippen LogP contribution in [0.1, 0.15) is 37.3 Å². The van der Waals surface area contributed by atoms with Gasteiger partial charge in [0.25, 0.3) is 0 Å². The number of methoxy groups -OCH3 is 1. The van der Waals surface area contributed by atoms with Crippen molar-refractivity contribution in [3.63, 3.8) is 0 Å². The molecule has 1 aromatic carbocycles. The van der Waals surface area contributed by atoms with Crippen molar-refractivity contribution in [2.45, 2.75) is 39.5 Å². The highest BCUT2D eigenvalue weighted by Gasteiger charge is 2.10. The number of rotatable bonds is 9. The minimum Gasteiger partial charge on any atom is -0.496 e. The van der Waals surface area contributed by atoms with Crippen LogP contribution in [0.5, 0.6) is 5.75 Å². The van der Waals surface area contributed by atoms with Gasteiger partial charge in [-0.25, -0.2) is 0 Å². The highest BCUT2D eigenvalue weighted by Crippen LogP contribution is 2.18. The standard InChI is InChI=1S/C20H34N4O.HI/c1-4-21-20(22-11-7-15-24-13-5-6-14-24)23-12-10-18-9-8-17(2)19(16-18)25-3;/h8-9,16H,4-7,10-15H2,1-3H3,(H2,21,22,23);1H. The second kappa shape index (κ2) is 13.2. The minimum absolute atomic E-state index is 0. The molecule has 0 unspecified atom stereocenters. The van der Waals surface area contributed by atoms with Crippen molar-refractivity contribution in [2.24, 2.45) is 4.99 Å². The molecule has 2 N–H and O–H groups in total. The van der Waals surface area contributed by atoms with Crippen LogP contribution in [0.15, 0.2) is 23.2 Å². The quantitative estimate of drug-likeness (QED) is 0.250. The summed E-state index contributed by atoms with van der Waals surface area (Å²) in [5.41, 5.74) is 2.45. The third-order valence-corrected chi connectivity index (χ3v) is 4.62. The molecule has 0 saturated carbocycles. The normalized spacial score (nSPS) is 14.8. The Morgan fingerprint density at radius 1 is 1.23 bits per heavy atom. The largest absolute Gasteiger partial charge is 0.496 e. The van der Waals surface area contributed by atoms with E-state index in [0.717, 1.165) is 44.2 Å². The summed E-state index contributed by atoms with van der Waals surface area (Å²) in [6, 6.07) is 6.41. The van der Waals surface area contributed by atoms with E-state index in [4.69, 9.17) is 9.73 Å². The van der Waals surface area contributed by atoms with Crippen molar-refractivity contribution in [1.29, 1.82) is 0 Å². The molecule has 1 heterocycles. The summed E-state index contributed by atoms with van der Waals surface area (Å²) < 4.78 is 5.40. The molecular weight excluding hydrogens is 439 g/mol. The van der Waals surface area contributed by atoms with Crippen LogP contribution in [-0.2, 0) is 6.42 Å². The molecule has 1 aliphatic rings. The van der Waals surface area contributed by atoms with Gasteiger partial charge in [0, 0.05) is 19.6 Å². The van der Waals surface area contributed by atoms with E-state index in [-0.39, 0.29) is 24.0 Å². The topological polar surface area (TPSA) is 48.9 Å². The Kier molecular flexibility index (Phi) is 11.7. The average Bonchev–Trinajstić information content (AvgIpc) is 3.13. The number of nitrogens with one attached hydrogen (secondary N) is 2. The number of hydrogen-bond acceptors (Lipinski definition) is 3. The highest BCUT2D eigenvalue weighted by atomic mass is 127. The van der Waals surface area contributed by atoms with Gasteiger partial charge < -0.3 is 20.3 Å². The Hall–Kier alpha value is -1.02. The third-order valence-electron chi connectivity index (χ3n) is 4.62. The summed E-state index contributed by atoms with van der Waals surface area (Å²) in [5.74, 6) is 1.88. The number of benzene rings is 1. The lowest BCUT2D eigenvalue weighted by molar-refractivity contribution is 0.336. The number of aryl methyl sites for hydroxylation is 1. The molecule has 26 heavy (non-hydrogen) atoms. The smallest absolute Gasteiger partial charge is 0.191 e. The zero-order chi connectivity index (χ0) is 17.9. The SMILES string of the molecule is CCNC(=NCCCN1CCCC1)NCCc1ccc(C)c(OC)c1.I. The summed E-state index contributed by atoms with van der Waals surface area (Å²) in [5, 5.41) is 6.76. The molecule has 0 radical (unpaired) electrons. The maximum Gasteiger partial charge on any atom is 0.191 e. The fourth-order valence-electron chi connectivity index (χ4n) is 3.18. The van der Waals surface area contributed by atoms with Crippen LogP contribution in [0.25, 0.3) is 0 Å². The molecule has 148 valence electrons. The van der Waals surface area contributed by atoms with Crippen molar-refractivity contribution < 1.29 is 4.74 Å². The van der Waals surface area contributed by atoms with E-state index < -0.39 is 0 Å². The lowest BCUT2D eigenvalue weighted by Crippen LogP contribution is -2.38. The van der Waals surface area contributed by atoms with Gasteiger partial charge in [0.2, 0.25) is 0 Å². The van der Waals surface area contributed by atoms with Crippen LogP contribution >= 0.6 is 24.0 Å². The summed E-state index contributed by atoms with van der Waals surface area (Å²) in [6.07, 6.45) is 4.80. The molecule has 0 aliphatic carbocycles. The maximum atomic E-state index is 5.40. The molecule has 6 heteroatoms. The lowest BCUT2D eigenvalue weighted by atomic mass is 10.1. The van der Waals surface area contributed by atoms with E-state index in [1.54, 1.807) is 7.11 Å². The number of nitrogens with zero attached hydrogens (tertiary/aromatic N) is 2. The molecule has 0 spiro atoms. The molecule has 1 saturated heterocycles. The maximum absolute atomic E-state index is 5.40. The monoisotopic (exact) mass is 474 g/mol. The third kappa shape index (κ3) is 8.12. The van der Waals surface area contributed by atoms with Gasteiger partial charge >= 0.3 is 0 Å². The average molecular weight is 474 g/mol. The van der Waals surface area contributed by atoms with E-state index in [1.807, 2.05) is 0 Å². The summed E-state index contributed by atoms with van der Waals surface area (Å²) in [7, 11) is 1.72. The Balaban J connectivity index is 0.00000338. The van der Waals surface area contributed by atoms with Crippen molar-refractivity contribution in [3.05, 3.63) is 29.3 Å². The number of ether oxygens (including phenoxy) is 1. The molecule has 0 amide bonds. The predicted octanol–water partition coefficient (Wildman–Crippen LogP) is 3.21. The van der Waals surface area contributed by atoms with E-state index in [2.05, 4.69) is 47.6 Å². The molecule has 0 atom stereocenters. The van der Waals surface area contributed by atoms with Crippen molar-refractivity contribution in [2.75, 3.05) is 46.4 Å². The van der Waals surface area contributed by atoms with E-state index in [9.17, 15) is 0 Å². The van der Waals surface area contributed by atoms with Gasteiger partial charge in [-0.3, -0.25) is 4.99 Å². The second-order valence-corrected chi connectivity index (χ2v) is 6.64. The van der Waals surface area contributed by atoms with Gasteiger partial charge in [0.15, 0.2) is 5.96 Å². The van der Waals surface area contributed by atoms with Crippen LogP contribution in [0.3, 0.4) is 0 Å². The Bertz CT molecular complexity index is 545. The summed E-state index contributed by atoms with van der Waals surface area (Å²) in [4.78, 5) is 7.24. The van der Waals surface area contributed by atoms with Crippen LogP contribution in [0.4, 0.5) is 0 Å². The first-order chi connectivity index (χ1) is 12.2. The second-order valence-electron chi connectivity index (χ2n) is 6.64. The zero-order valence-corrected chi connectivity index (χ0v) is 18.8. The van der Waals surface area contributed by atoms with Crippen molar-refractivity contribution in [1.82, 2.24) is 15.5 Å². The van der Waals surface area contributed by atoms with Gasteiger partial charge in [-0.15, -0.1) is 24.0 Å². The number of halogens is 1. The minimum atomic E-state index is 0. The first-order valence-corrected chi connectivity index (χ1v) is 9.61. The van der Waals surface area contributed by atoms with Crippen molar-refractivity contribution >= 4 is 29.9 Å². The van der Waals surface area contributed by atoms with Gasteiger partial charge in [0.1, 0.15) is 5.75 Å². The summed E-state index contributed by atoms with van der Waals surface area (Å²) in [6.45, 7) is 10.5. The van der Waals surface area contributed by atoms with Gasteiger partial charge in [-0.2, -0.15) is 0 Å². The number of aliphatic imine (C=N–C) groups is 1. The fourth-order valence-corrected chi connectivity index (χ4v) is 3.18.